The molecule has 0 aliphatic carbocycles. The summed E-state index contributed by atoms with van der Waals surface area (Å²) in [7, 11) is 0. The lowest BCUT2D eigenvalue weighted by Crippen LogP contribution is -2.40. The lowest BCUT2D eigenvalue weighted by atomic mass is 10.1. The van der Waals surface area contributed by atoms with Crippen LogP contribution in [0.2, 0.25) is 0 Å². The van der Waals surface area contributed by atoms with Crippen LogP contribution in [0.15, 0.2) is 59.4 Å². The Bertz CT molecular complexity index is 1070. The lowest BCUT2D eigenvalue weighted by molar-refractivity contribution is 0.207. The maximum Gasteiger partial charge on any atom is 0.258 e. The van der Waals surface area contributed by atoms with Crippen LogP contribution in [-0.4, -0.2) is 21.1 Å². The number of nitrogens with one attached hydrogen (secondary N) is 2. The van der Waals surface area contributed by atoms with Crippen molar-refractivity contribution in [2.75, 3.05) is 12.0 Å². The number of nitrogens with zero attached hydrogens (tertiary/aromatic N) is 2. The highest BCUT2D eigenvalue weighted by molar-refractivity contribution is 7.71. The van der Waals surface area contributed by atoms with E-state index in [9.17, 15) is 4.79 Å². The molecule has 5 nitrogen and oxygen atoms in total. The Kier molecular flexibility index (Phi) is 4.68. The molecule has 0 radical (unpaired) electrons. The van der Waals surface area contributed by atoms with E-state index in [4.69, 9.17) is 12.2 Å². The zero-order valence-electron chi connectivity index (χ0n) is 15.4. The van der Waals surface area contributed by atoms with Gasteiger partial charge in [0.05, 0.1) is 12.2 Å². The second-order valence-electron chi connectivity index (χ2n) is 6.93. The Balaban J connectivity index is 1.74. The maximum atomic E-state index is 12.6. The van der Waals surface area contributed by atoms with Crippen LogP contribution in [0.4, 0.5) is 5.82 Å². The predicted octanol–water partition coefficient (Wildman–Crippen LogP) is 4.15. The molecule has 27 heavy (non-hydrogen) atoms. The summed E-state index contributed by atoms with van der Waals surface area (Å²) in [6, 6.07) is 18.6. The molecule has 1 aromatic heterocycles. The fourth-order valence-corrected chi connectivity index (χ4v) is 3.79. The zero-order chi connectivity index (χ0) is 19.0. The first kappa shape index (κ1) is 17.7. The summed E-state index contributed by atoms with van der Waals surface area (Å²) >= 11 is 5.45. The van der Waals surface area contributed by atoms with Crippen molar-refractivity contribution < 1.29 is 0 Å². The minimum Gasteiger partial charge on any atom is -0.358 e. The summed E-state index contributed by atoms with van der Waals surface area (Å²) in [5.74, 6) is 0.782. The number of aromatic nitrogens is 2. The molecule has 1 aliphatic rings. The molecule has 0 spiro atoms. The summed E-state index contributed by atoms with van der Waals surface area (Å²) < 4.78 is 2.32. The smallest absolute Gasteiger partial charge is 0.258 e. The second-order valence-corrected chi connectivity index (χ2v) is 7.31. The van der Waals surface area contributed by atoms with Crippen molar-refractivity contribution in [3.8, 4) is 5.69 Å². The Morgan fingerprint density at radius 3 is 2.48 bits per heavy atom. The van der Waals surface area contributed by atoms with Gasteiger partial charge in [-0.15, -0.1) is 0 Å². The van der Waals surface area contributed by atoms with Gasteiger partial charge in [0.15, 0.2) is 4.77 Å². The van der Waals surface area contributed by atoms with Gasteiger partial charge in [0.2, 0.25) is 0 Å². The maximum absolute atomic E-state index is 12.6. The molecule has 2 heterocycles. The molecular weight excluding hydrogens is 356 g/mol. The molecule has 2 N–H and O–H groups in total. The van der Waals surface area contributed by atoms with Gasteiger partial charge in [0, 0.05) is 18.3 Å². The van der Waals surface area contributed by atoms with E-state index in [1.54, 1.807) is 0 Å². The van der Waals surface area contributed by atoms with Crippen LogP contribution in [0.3, 0.4) is 0 Å². The third-order valence-corrected chi connectivity index (χ3v) is 5.42. The van der Waals surface area contributed by atoms with Crippen molar-refractivity contribution >= 4 is 18.0 Å². The van der Waals surface area contributed by atoms with Gasteiger partial charge < -0.3 is 5.32 Å². The third kappa shape index (κ3) is 3.34. The van der Waals surface area contributed by atoms with Crippen molar-refractivity contribution in [3.05, 3.63) is 86.4 Å². The van der Waals surface area contributed by atoms with Crippen LogP contribution < -0.4 is 10.9 Å². The molecule has 0 saturated carbocycles. The van der Waals surface area contributed by atoms with E-state index in [-0.39, 0.29) is 11.6 Å². The van der Waals surface area contributed by atoms with Gasteiger partial charge in [-0.05, 0) is 43.8 Å². The summed E-state index contributed by atoms with van der Waals surface area (Å²) in [5.41, 5.74) is 3.93. The van der Waals surface area contributed by atoms with Gasteiger partial charge in [-0.2, -0.15) is 0 Å². The average Bonchev–Trinajstić information content (AvgIpc) is 2.69. The average molecular weight is 379 g/mol. The third-order valence-electron chi connectivity index (χ3n) is 5.14. The van der Waals surface area contributed by atoms with Gasteiger partial charge in [0.25, 0.3) is 5.56 Å². The standard InChI is InChI=1S/C21H22N4OS/c1-14-8-10-17(11-9-14)25-19-18(20(26)23-21(25)27)12-24(13-22-19)15(2)16-6-4-3-5-7-16/h3-11,15,22H,12-13H2,1-2H3,(H,23,26,27)/t15-/m0/s1. The minimum atomic E-state index is -0.129. The molecule has 0 unspecified atom stereocenters. The van der Waals surface area contributed by atoms with Crippen molar-refractivity contribution in [1.82, 2.24) is 14.5 Å². The molecule has 0 amide bonds. The van der Waals surface area contributed by atoms with Crippen LogP contribution in [0.25, 0.3) is 5.69 Å². The number of anilines is 1. The Morgan fingerprint density at radius 1 is 1.07 bits per heavy atom. The van der Waals surface area contributed by atoms with Crippen molar-refractivity contribution in [2.45, 2.75) is 26.4 Å². The molecule has 1 atom stereocenters. The van der Waals surface area contributed by atoms with Crippen molar-refractivity contribution in [1.29, 1.82) is 0 Å². The van der Waals surface area contributed by atoms with E-state index in [1.165, 1.54) is 11.1 Å². The molecule has 6 heteroatoms. The molecule has 2 aromatic carbocycles. The topological polar surface area (TPSA) is 53.1 Å². The SMILES string of the molecule is Cc1ccc(-n2c3c(c(=O)[nH]c2=S)CN([C@@H](C)c2ccccc2)CN3)cc1. The predicted molar refractivity (Wildman–Crippen MR) is 111 cm³/mol. The number of aromatic amines is 1. The van der Waals surface area contributed by atoms with Crippen molar-refractivity contribution in [3.63, 3.8) is 0 Å². The van der Waals surface area contributed by atoms with Gasteiger partial charge in [-0.1, -0.05) is 48.0 Å². The fraction of sp³-hybridized carbons (Fsp3) is 0.238. The molecule has 0 saturated heterocycles. The van der Waals surface area contributed by atoms with Gasteiger partial charge in [0.1, 0.15) is 5.82 Å². The second kappa shape index (κ2) is 7.13. The molecule has 1 aliphatic heterocycles. The van der Waals surface area contributed by atoms with Gasteiger partial charge in [-0.25, -0.2) is 0 Å². The van der Waals surface area contributed by atoms with E-state index in [0.717, 1.165) is 11.5 Å². The number of aryl methyl sites for hydroxylation is 1. The van der Waals surface area contributed by atoms with Crippen molar-refractivity contribution in [2.24, 2.45) is 0 Å². The number of hydrogen-bond donors (Lipinski definition) is 2. The number of rotatable bonds is 3. The quantitative estimate of drug-likeness (QED) is 0.672. The summed E-state index contributed by atoms with van der Waals surface area (Å²) in [6.07, 6.45) is 0. The molecule has 0 bridgehead atoms. The monoisotopic (exact) mass is 378 g/mol. The normalized spacial score (nSPS) is 15.0. The number of H-pyrrole nitrogens is 1. The summed E-state index contributed by atoms with van der Waals surface area (Å²) in [6.45, 7) is 5.42. The van der Waals surface area contributed by atoms with E-state index in [1.807, 2.05) is 54.0 Å². The minimum absolute atomic E-state index is 0.129. The van der Waals surface area contributed by atoms with Crippen LogP contribution in [0.1, 0.15) is 29.7 Å². The van der Waals surface area contributed by atoms with E-state index in [0.29, 0.717) is 23.5 Å². The van der Waals surface area contributed by atoms with E-state index < -0.39 is 0 Å². The molecule has 4 rings (SSSR count). The fourth-order valence-electron chi connectivity index (χ4n) is 3.50. The zero-order valence-corrected chi connectivity index (χ0v) is 16.2. The Hall–Kier alpha value is -2.70. The highest BCUT2D eigenvalue weighted by Gasteiger charge is 2.26. The summed E-state index contributed by atoms with van der Waals surface area (Å²) in [4.78, 5) is 17.7. The van der Waals surface area contributed by atoms with Crippen LogP contribution >= 0.6 is 12.2 Å². The number of benzene rings is 2. The first-order valence-electron chi connectivity index (χ1n) is 9.02. The lowest BCUT2D eigenvalue weighted by Gasteiger charge is -2.35. The van der Waals surface area contributed by atoms with Crippen LogP contribution in [-0.2, 0) is 6.54 Å². The van der Waals surface area contributed by atoms with E-state index >= 15 is 0 Å². The number of fused-ring (bicyclic) bond motifs is 1. The van der Waals surface area contributed by atoms with Gasteiger partial charge in [-0.3, -0.25) is 19.2 Å². The Labute approximate surface area is 163 Å². The van der Waals surface area contributed by atoms with Gasteiger partial charge >= 0.3 is 0 Å². The molecular formula is C21H22N4OS. The molecule has 138 valence electrons. The highest BCUT2D eigenvalue weighted by atomic mass is 32.1. The van der Waals surface area contributed by atoms with Crippen LogP contribution in [0.5, 0.6) is 0 Å². The molecule has 3 aromatic rings. The molecule has 0 fully saturated rings. The number of hydrogen-bond acceptors (Lipinski definition) is 4. The van der Waals surface area contributed by atoms with E-state index in [2.05, 4.69) is 34.3 Å². The highest BCUT2D eigenvalue weighted by Crippen LogP contribution is 2.28. The largest absolute Gasteiger partial charge is 0.358 e. The first-order chi connectivity index (χ1) is 13.0. The Morgan fingerprint density at radius 2 is 1.78 bits per heavy atom. The first-order valence-corrected chi connectivity index (χ1v) is 9.43. The summed E-state index contributed by atoms with van der Waals surface area (Å²) in [5, 5.41) is 3.43. The van der Waals surface area contributed by atoms with Crippen LogP contribution in [0, 0.1) is 11.7 Å².